The molecule has 2 aliphatic heterocycles. The lowest BCUT2D eigenvalue weighted by Gasteiger charge is -2.21. The molecule has 2 aliphatic rings. The van der Waals surface area contributed by atoms with Gasteiger partial charge in [-0.1, -0.05) is 18.2 Å². The van der Waals surface area contributed by atoms with Gasteiger partial charge in [-0.25, -0.2) is 0 Å². The molecular formula is C17H24ClN3O2. The molecule has 0 saturated carbocycles. The van der Waals surface area contributed by atoms with Gasteiger partial charge in [0, 0.05) is 24.2 Å². The minimum atomic E-state index is -0.399. The van der Waals surface area contributed by atoms with E-state index >= 15 is 0 Å². The SMILES string of the molecule is CC1CC(NC(=O)CC2CCCN2)C(=O)N1c1ccccc1.Cl. The first-order valence-corrected chi connectivity index (χ1v) is 8.06. The van der Waals surface area contributed by atoms with Gasteiger partial charge in [0.2, 0.25) is 11.8 Å². The molecule has 1 aromatic carbocycles. The van der Waals surface area contributed by atoms with Crippen molar-refractivity contribution >= 4 is 29.9 Å². The Bertz CT molecular complexity index is 546. The van der Waals surface area contributed by atoms with E-state index in [2.05, 4.69) is 10.6 Å². The molecule has 2 N–H and O–H groups in total. The second kappa shape index (κ2) is 7.79. The van der Waals surface area contributed by atoms with Crippen LogP contribution in [0.2, 0.25) is 0 Å². The molecular weight excluding hydrogens is 314 g/mol. The van der Waals surface area contributed by atoms with Crippen LogP contribution in [0.1, 0.15) is 32.6 Å². The van der Waals surface area contributed by atoms with Crippen LogP contribution in [0, 0.1) is 0 Å². The molecule has 3 rings (SSSR count). The minimum absolute atomic E-state index is 0. The second-order valence-corrected chi connectivity index (χ2v) is 6.25. The third kappa shape index (κ3) is 4.03. The van der Waals surface area contributed by atoms with E-state index in [1.807, 2.05) is 37.3 Å². The second-order valence-electron chi connectivity index (χ2n) is 6.25. The summed E-state index contributed by atoms with van der Waals surface area (Å²) in [6.45, 7) is 3.01. The van der Waals surface area contributed by atoms with Crippen LogP contribution in [-0.2, 0) is 9.59 Å². The van der Waals surface area contributed by atoms with Crippen LogP contribution in [0.25, 0.3) is 0 Å². The third-order valence-electron chi connectivity index (χ3n) is 4.52. The molecule has 2 amide bonds. The molecule has 2 heterocycles. The van der Waals surface area contributed by atoms with E-state index in [0.29, 0.717) is 12.8 Å². The normalized spacial score (nSPS) is 26.9. The Morgan fingerprint density at radius 3 is 2.74 bits per heavy atom. The summed E-state index contributed by atoms with van der Waals surface area (Å²) in [6.07, 6.45) is 3.29. The minimum Gasteiger partial charge on any atom is -0.344 e. The Kier molecular flexibility index (Phi) is 6.02. The number of hydrogen-bond acceptors (Lipinski definition) is 3. The summed E-state index contributed by atoms with van der Waals surface area (Å²) in [5, 5.41) is 6.23. The summed E-state index contributed by atoms with van der Waals surface area (Å²) in [4.78, 5) is 26.5. The molecule has 1 aromatic rings. The first-order chi connectivity index (χ1) is 10.6. The number of halogens is 1. The fraction of sp³-hybridized carbons (Fsp3) is 0.529. The summed E-state index contributed by atoms with van der Waals surface area (Å²) in [5.41, 5.74) is 0.897. The lowest BCUT2D eigenvalue weighted by molar-refractivity contribution is -0.126. The van der Waals surface area contributed by atoms with Gasteiger partial charge < -0.3 is 15.5 Å². The van der Waals surface area contributed by atoms with Crippen molar-refractivity contribution in [2.45, 2.75) is 50.7 Å². The number of nitrogens with zero attached hydrogens (tertiary/aromatic N) is 1. The summed E-state index contributed by atoms with van der Waals surface area (Å²) in [6, 6.07) is 9.61. The maximum Gasteiger partial charge on any atom is 0.249 e. The number of anilines is 1. The number of nitrogens with one attached hydrogen (secondary N) is 2. The Hall–Kier alpha value is -1.59. The molecule has 5 nitrogen and oxygen atoms in total. The van der Waals surface area contributed by atoms with Crippen molar-refractivity contribution in [1.82, 2.24) is 10.6 Å². The number of rotatable bonds is 4. The van der Waals surface area contributed by atoms with Gasteiger partial charge in [-0.3, -0.25) is 9.59 Å². The van der Waals surface area contributed by atoms with E-state index in [0.717, 1.165) is 25.1 Å². The van der Waals surface area contributed by atoms with Gasteiger partial charge in [0.05, 0.1) is 0 Å². The lowest BCUT2D eigenvalue weighted by Crippen LogP contribution is -2.43. The van der Waals surface area contributed by atoms with E-state index in [1.165, 1.54) is 0 Å². The third-order valence-corrected chi connectivity index (χ3v) is 4.52. The van der Waals surface area contributed by atoms with Crippen LogP contribution in [-0.4, -0.2) is 36.5 Å². The van der Waals surface area contributed by atoms with E-state index in [4.69, 9.17) is 0 Å². The van der Waals surface area contributed by atoms with Crippen molar-refractivity contribution in [3.05, 3.63) is 30.3 Å². The Balaban J connectivity index is 0.00000192. The molecule has 0 aromatic heterocycles. The summed E-state index contributed by atoms with van der Waals surface area (Å²) < 4.78 is 0. The fourth-order valence-corrected chi connectivity index (χ4v) is 3.43. The first kappa shape index (κ1) is 17.8. The largest absolute Gasteiger partial charge is 0.344 e. The fourth-order valence-electron chi connectivity index (χ4n) is 3.43. The Labute approximate surface area is 143 Å². The predicted octanol–water partition coefficient (Wildman–Crippen LogP) is 1.86. The molecule has 2 fully saturated rings. The quantitative estimate of drug-likeness (QED) is 0.881. The molecule has 0 bridgehead atoms. The van der Waals surface area contributed by atoms with E-state index in [-0.39, 0.29) is 36.3 Å². The van der Waals surface area contributed by atoms with Crippen molar-refractivity contribution in [1.29, 1.82) is 0 Å². The average molecular weight is 338 g/mol. The highest BCUT2D eigenvalue weighted by molar-refractivity contribution is 6.02. The topological polar surface area (TPSA) is 61.4 Å². The lowest BCUT2D eigenvalue weighted by atomic mass is 10.1. The molecule has 23 heavy (non-hydrogen) atoms. The number of carbonyl (C=O) groups excluding carboxylic acids is 2. The standard InChI is InChI=1S/C17H23N3O2.ClH/c1-12-10-15(19-16(21)11-13-6-5-9-18-13)17(22)20(12)14-7-3-2-4-8-14;/h2-4,7-8,12-13,15,18H,5-6,9-11H2,1H3,(H,19,21);1H. The number of benzene rings is 1. The van der Waals surface area contributed by atoms with Crippen molar-refractivity contribution < 1.29 is 9.59 Å². The maximum atomic E-state index is 12.6. The van der Waals surface area contributed by atoms with Gasteiger partial charge >= 0.3 is 0 Å². The van der Waals surface area contributed by atoms with Gasteiger partial charge in [0.15, 0.2) is 0 Å². The van der Waals surface area contributed by atoms with Gasteiger partial charge in [0.1, 0.15) is 6.04 Å². The van der Waals surface area contributed by atoms with Crippen molar-refractivity contribution in [2.75, 3.05) is 11.4 Å². The Morgan fingerprint density at radius 1 is 1.35 bits per heavy atom. The monoisotopic (exact) mass is 337 g/mol. The van der Waals surface area contributed by atoms with Crippen LogP contribution in [0.5, 0.6) is 0 Å². The zero-order valence-electron chi connectivity index (χ0n) is 13.3. The highest BCUT2D eigenvalue weighted by Gasteiger charge is 2.38. The molecule has 3 atom stereocenters. The zero-order valence-corrected chi connectivity index (χ0v) is 14.1. The van der Waals surface area contributed by atoms with Crippen LogP contribution >= 0.6 is 12.4 Å². The highest BCUT2D eigenvalue weighted by Crippen LogP contribution is 2.26. The molecule has 6 heteroatoms. The van der Waals surface area contributed by atoms with Gasteiger partial charge in [0.25, 0.3) is 0 Å². The molecule has 126 valence electrons. The average Bonchev–Trinajstić information content (AvgIpc) is 3.09. The summed E-state index contributed by atoms with van der Waals surface area (Å²) >= 11 is 0. The van der Waals surface area contributed by atoms with E-state index in [9.17, 15) is 9.59 Å². The number of amides is 2. The summed E-state index contributed by atoms with van der Waals surface area (Å²) in [5.74, 6) is -0.0358. The van der Waals surface area contributed by atoms with E-state index in [1.54, 1.807) is 4.90 Å². The molecule has 3 unspecified atom stereocenters. The van der Waals surface area contributed by atoms with Gasteiger partial charge in [-0.2, -0.15) is 0 Å². The van der Waals surface area contributed by atoms with Crippen molar-refractivity contribution in [2.24, 2.45) is 0 Å². The van der Waals surface area contributed by atoms with Gasteiger partial charge in [-0.15, -0.1) is 12.4 Å². The molecule has 2 saturated heterocycles. The predicted molar refractivity (Wildman–Crippen MR) is 92.8 cm³/mol. The molecule has 0 spiro atoms. The summed E-state index contributed by atoms with van der Waals surface area (Å²) in [7, 11) is 0. The first-order valence-electron chi connectivity index (χ1n) is 8.06. The maximum absolute atomic E-state index is 12.6. The number of hydrogen-bond donors (Lipinski definition) is 2. The smallest absolute Gasteiger partial charge is 0.249 e. The van der Waals surface area contributed by atoms with Crippen LogP contribution < -0.4 is 15.5 Å². The number of para-hydroxylation sites is 1. The molecule has 0 aliphatic carbocycles. The van der Waals surface area contributed by atoms with Crippen LogP contribution in [0.3, 0.4) is 0 Å². The van der Waals surface area contributed by atoms with Crippen molar-refractivity contribution in [3.63, 3.8) is 0 Å². The van der Waals surface area contributed by atoms with E-state index < -0.39 is 6.04 Å². The van der Waals surface area contributed by atoms with Crippen molar-refractivity contribution in [3.8, 4) is 0 Å². The van der Waals surface area contributed by atoms with Crippen LogP contribution in [0.15, 0.2) is 30.3 Å². The van der Waals surface area contributed by atoms with Crippen LogP contribution in [0.4, 0.5) is 5.69 Å². The molecule has 0 radical (unpaired) electrons. The highest BCUT2D eigenvalue weighted by atomic mass is 35.5. The zero-order chi connectivity index (χ0) is 15.5. The van der Waals surface area contributed by atoms with Gasteiger partial charge in [-0.05, 0) is 44.9 Å². The number of carbonyl (C=O) groups is 2. The Morgan fingerprint density at radius 2 is 2.09 bits per heavy atom.